The smallest absolute Gasteiger partial charge is 0.353 e. The van der Waals surface area contributed by atoms with Crippen LogP contribution < -0.4 is 0 Å². The Balaban J connectivity index is 0.000000304. The largest absolute Gasteiger partial charge is 0.463 e. The second-order valence-corrected chi connectivity index (χ2v) is 3.71. The standard InChI is InChI=1S/C6H10O2.C4H2Cl2O3/c1-4-8-6(7)5(2)3;5-1-2(6)4(8)9-3(1)7/h2,4H2,1,3H3;3,7H. The molecule has 0 radical (unpaired) electrons. The van der Waals surface area contributed by atoms with Crippen LogP contribution in [0.25, 0.3) is 0 Å². The predicted molar refractivity (Wildman–Crippen MR) is 62.3 cm³/mol. The number of carbonyl (C=O) groups is 2. The zero-order valence-electron chi connectivity index (χ0n) is 9.33. The van der Waals surface area contributed by atoms with Crippen molar-refractivity contribution in [2.75, 3.05) is 6.61 Å². The first-order chi connectivity index (χ1) is 7.81. The van der Waals surface area contributed by atoms with E-state index in [9.17, 15) is 9.59 Å². The molecule has 17 heavy (non-hydrogen) atoms. The molecule has 1 atom stereocenters. The van der Waals surface area contributed by atoms with E-state index in [2.05, 4.69) is 16.1 Å². The van der Waals surface area contributed by atoms with Crippen molar-refractivity contribution in [3.8, 4) is 0 Å². The molecule has 7 heteroatoms. The zero-order chi connectivity index (χ0) is 13.6. The van der Waals surface area contributed by atoms with Crippen molar-refractivity contribution in [1.29, 1.82) is 0 Å². The van der Waals surface area contributed by atoms with Crippen molar-refractivity contribution in [2.24, 2.45) is 0 Å². The SMILES string of the molecule is C=C(C)C(=O)OCC.O=C1OC(O)C(Cl)=C1Cl. The zero-order valence-corrected chi connectivity index (χ0v) is 10.8. The van der Waals surface area contributed by atoms with Crippen LogP contribution in [-0.4, -0.2) is 29.9 Å². The van der Waals surface area contributed by atoms with Gasteiger partial charge in [-0.1, -0.05) is 29.8 Å². The van der Waals surface area contributed by atoms with Gasteiger partial charge in [0.2, 0.25) is 6.29 Å². The van der Waals surface area contributed by atoms with E-state index in [1.807, 2.05) is 0 Å². The number of hydrogen-bond donors (Lipinski definition) is 1. The fourth-order valence-corrected chi connectivity index (χ4v) is 0.925. The van der Waals surface area contributed by atoms with Crippen molar-refractivity contribution in [3.63, 3.8) is 0 Å². The van der Waals surface area contributed by atoms with Gasteiger partial charge in [-0.05, 0) is 13.8 Å². The molecule has 0 aliphatic carbocycles. The van der Waals surface area contributed by atoms with Crippen LogP contribution in [0.5, 0.6) is 0 Å². The molecule has 0 amide bonds. The van der Waals surface area contributed by atoms with Gasteiger partial charge >= 0.3 is 11.9 Å². The molecule has 1 N–H and O–H groups in total. The molecule has 0 aromatic heterocycles. The Morgan fingerprint density at radius 1 is 1.59 bits per heavy atom. The average Bonchev–Trinajstić information content (AvgIpc) is 2.47. The lowest BCUT2D eigenvalue weighted by Gasteiger charge is -1.97. The highest BCUT2D eigenvalue weighted by molar-refractivity contribution is 6.48. The van der Waals surface area contributed by atoms with Crippen LogP contribution in [0.2, 0.25) is 0 Å². The van der Waals surface area contributed by atoms with Gasteiger partial charge in [0.1, 0.15) is 10.1 Å². The molecule has 96 valence electrons. The van der Waals surface area contributed by atoms with Gasteiger partial charge in [0.25, 0.3) is 0 Å². The van der Waals surface area contributed by atoms with Crippen molar-refractivity contribution in [3.05, 3.63) is 22.2 Å². The van der Waals surface area contributed by atoms with E-state index < -0.39 is 12.3 Å². The molecule has 0 aromatic carbocycles. The van der Waals surface area contributed by atoms with Gasteiger partial charge in [0.15, 0.2) is 0 Å². The van der Waals surface area contributed by atoms with E-state index in [1.54, 1.807) is 13.8 Å². The summed E-state index contributed by atoms with van der Waals surface area (Å²) in [5, 5.41) is 8.22. The molecule has 1 heterocycles. The number of rotatable bonds is 2. The van der Waals surface area contributed by atoms with Gasteiger partial charge in [-0.2, -0.15) is 0 Å². The molecule has 1 aliphatic rings. The average molecular weight is 283 g/mol. The Bertz CT molecular complexity index is 362. The molecule has 0 saturated heterocycles. The van der Waals surface area contributed by atoms with Crippen LogP contribution in [0.3, 0.4) is 0 Å². The van der Waals surface area contributed by atoms with Gasteiger partial charge < -0.3 is 14.6 Å². The fourth-order valence-electron chi connectivity index (χ4n) is 0.665. The van der Waals surface area contributed by atoms with E-state index in [0.717, 1.165) is 0 Å². The maximum absolute atomic E-state index is 10.4. The van der Waals surface area contributed by atoms with Gasteiger partial charge in [-0.25, -0.2) is 9.59 Å². The minimum Gasteiger partial charge on any atom is -0.463 e. The number of aliphatic hydroxyl groups excluding tert-OH is 1. The van der Waals surface area contributed by atoms with Gasteiger partial charge in [-0.15, -0.1) is 0 Å². The maximum atomic E-state index is 10.4. The van der Waals surface area contributed by atoms with Crippen LogP contribution in [0.4, 0.5) is 0 Å². The second-order valence-electron chi connectivity index (χ2n) is 2.92. The van der Waals surface area contributed by atoms with Crippen LogP contribution >= 0.6 is 23.2 Å². The molecule has 0 saturated carbocycles. The lowest BCUT2D eigenvalue weighted by Crippen LogP contribution is -2.07. The molecule has 1 aliphatic heterocycles. The van der Waals surface area contributed by atoms with Crippen LogP contribution in [0.15, 0.2) is 22.2 Å². The molecule has 5 nitrogen and oxygen atoms in total. The number of halogens is 2. The first kappa shape index (κ1) is 16.0. The summed E-state index contributed by atoms with van der Waals surface area (Å²) in [7, 11) is 0. The Hall–Kier alpha value is -1.04. The third kappa shape index (κ3) is 5.21. The summed E-state index contributed by atoms with van der Waals surface area (Å²) in [6.07, 6.45) is -1.37. The summed E-state index contributed by atoms with van der Waals surface area (Å²) in [5.41, 5.74) is 0.451. The number of carbonyl (C=O) groups excluding carboxylic acids is 2. The molecular weight excluding hydrogens is 271 g/mol. The number of esters is 2. The summed E-state index contributed by atoms with van der Waals surface area (Å²) >= 11 is 10.5. The highest BCUT2D eigenvalue weighted by atomic mass is 35.5. The quantitative estimate of drug-likeness (QED) is 0.616. The highest BCUT2D eigenvalue weighted by Gasteiger charge is 2.29. The minimum absolute atomic E-state index is 0.151. The third-order valence-corrected chi connectivity index (χ3v) is 2.28. The monoisotopic (exact) mass is 282 g/mol. The van der Waals surface area contributed by atoms with Gasteiger partial charge in [0, 0.05) is 5.57 Å². The van der Waals surface area contributed by atoms with E-state index >= 15 is 0 Å². The van der Waals surface area contributed by atoms with Crippen molar-refractivity contribution in [1.82, 2.24) is 0 Å². The number of cyclic esters (lactones) is 1. The molecular formula is C10H12Cl2O5. The first-order valence-corrected chi connectivity index (χ1v) is 5.33. The summed E-state index contributed by atoms with van der Waals surface area (Å²) < 4.78 is 8.73. The van der Waals surface area contributed by atoms with Crippen LogP contribution in [0.1, 0.15) is 13.8 Å². The minimum atomic E-state index is -1.37. The van der Waals surface area contributed by atoms with Crippen molar-refractivity contribution >= 4 is 35.1 Å². The first-order valence-electron chi connectivity index (χ1n) is 4.58. The summed E-state index contributed by atoms with van der Waals surface area (Å²) in [5.74, 6) is -1.10. The maximum Gasteiger partial charge on any atom is 0.353 e. The Labute approximate surface area is 109 Å². The molecule has 0 bridgehead atoms. The Kier molecular flexibility index (Phi) is 6.87. The van der Waals surface area contributed by atoms with Crippen LogP contribution in [-0.2, 0) is 19.1 Å². The molecule has 0 aromatic rings. The number of aliphatic hydroxyl groups is 1. The lowest BCUT2D eigenvalue weighted by atomic mass is 10.4. The van der Waals surface area contributed by atoms with E-state index in [-0.39, 0.29) is 16.0 Å². The van der Waals surface area contributed by atoms with Gasteiger partial charge in [0.05, 0.1) is 6.61 Å². The van der Waals surface area contributed by atoms with E-state index in [4.69, 9.17) is 28.3 Å². The lowest BCUT2D eigenvalue weighted by molar-refractivity contribution is -0.151. The number of hydrogen-bond acceptors (Lipinski definition) is 5. The van der Waals surface area contributed by atoms with Crippen molar-refractivity contribution < 1.29 is 24.2 Å². The summed E-state index contributed by atoms with van der Waals surface area (Å²) in [4.78, 5) is 20.8. The second kappa shape index (κ2) is 7.32. The predicted octanol–water partition coefficient (Wildman–Crippen LogP) is 1.68. The van der Waals surface area contributed by atoms with Gasteiger partial charge in [-0.3, -0.25) is 0 Å². The third-order valence-electron chi connectivity index (χ3n) is 1.45. The molecule has 0 fully saturated rings. The van der Waals surface area contributed by atoms with Crippen LogP contribution in [0, 0.1) is 0 Å². The van der Waals surface area contributed by atoms with Crippen molar-refractivity contribution in [2.45, 2.75) is 20.1 Å². The topological polar surface area (TPSA) is 72.8 Å². The summed E-state index contributed by atoms with van der Waals surface area (Å²) in [6, 6.07) is 0. The Morgan fingerprint density at radius 3 is 2.24 bits per heavy atom. The summed E-state index contributed by atoms with van der Waals surface area (Å²) in [6.45, 7) is 7.21. The van der Waals surface area contributed by atoms with E-state index in [0.29, 0.717) is 12.2 Å². The highest BCUT2D eigenvalue weighted by Crippen LogP contribution is 2.26. The number of ether oxygens (including phenoxy) is 2. The Morgan fingerprint density at radius 2 is 2.12 bits per heavy atom. The molecule has 1 rings (SSSR count). The molecule has 1 unspecified atom stereocenters. The normalized spacial score (nSPS) is 18.2. The fraction of sp³-hybridized carbons (Fsp3) is 0.400. The molecule has 0 spiro atoms. The van der Waals surface area contributed by atoms with E-state index in [1.165, 1.54) is 0 Å².